The normalized spacial score (nSPS) is 21.8. The topological polar surface area (TPSA) is 60.9 Å². The number of rotatable bonds is 5. The van der Waals surface area contributed by atoms with Gasteiger partial charge in [0.2, 0.25) is 5.91 Å². The third-order valence-electron chi connectivity index (χ3n) is 4.89. The summed E-state index contributed by atoms with van der Waals surface area (Å²) >= 11 is 0. The van der Waals surface area contributed by atoms with Crippen LogP contribution in [0.15, 0.2) is 24.3 Å². The van der Waals surface area contributed by atoms with Crippen molar-refractivity contribution in [1.29, 1.82) is 0 Å². The lowest BCUT2D eigenvalue weighted by atomic mass is 10.1. The zero-order valence-corrected chi connectivity index (χ0v) is 13.8. The number of amides is 1. The molecule has 1 atom stereocenters. The Labute approximate surface area is 142 Å². The van der Waals surface area contributed by atoms with E-state index in [0.29, 0.717) is 31.7 Å². The van der Waals surface area contributed by atoms with E-state index in [2.05, 4.69) is 9.80 Å². The predicted molar refractivity (Wildman–Crippen MR) is 91.2 cm³/mol. The molecule has 0 spiro atoms. The van der Waals surface area contributed by atoms with E-state index in [1.807, 2.05) is 29.2 Å². The Morgan fingerprint density at radius 3 is 2.33 bits per heavy atom. The summed E-state index contributed by atoms with van der Waals surface area (Å²) in [6.07, 6.45) is 2.70. The maximum Gasteiger partial charge on any atom is 0.236 e. The van der Waals surface area contributed by atoms with Gasteiger partial charge in [-0.1, -0.05) is 0 Å². The Hall–Kier alpha value is -2.21. The van der Waals surface area contributed by atoms with Gasteiger partial charge in [0.1, 0.15) is 12.6 Å². The van der Waals surface area contributed by atoms with Crippen LogP contribution in [0.3, 0.4) is 0 Å². The van der Waals surface area contributed by atoms with Gasteiger partial charge in [0.05, 0.1) is 6.54 Å². The summed E-state index contributed by atoms with van der Waals surface area (Å²) in [5, 5.41) is 0. The highest BCUT2D eigenvalue weighted by molar-refractivity contribution is 5.79. The summed E-state index contributed by atoms with van der Waals surface area (Å²) in [4.78, 5) is 40.1. The summed E-state index contributed by atoms with van der Waals surface area (Å²) < 4.78 is 0. The van der Waals surface area contributed by atoms with Crippen LogP contribution in [0.1, 0.15) is 16.8 Å². The third-order valence-corrected chi connectivity index (χ3v) is 4.89. The molecule has 128 valence electrons. The number of aldehydes is 2. The Balaban J connectivity index is 1.48. The lowest BCUT2D eigenvalue weighted by molar-refractivity contribution is -0.132. The molecule has 1 aromatic rings. The molecule has 0 aromatic heterocycles. The number of benzene rings is 1. The van der Waals surface area contributed by atoms with Crippen LogP contribution in [0.4, 0.5) is 5.69 Å². The van der Waals surface area contributed by atoms with Crippen LogP contribution in [0.25, 0.3) is 0 Å². The van der Waals surface area contributed by atoms with Gasteiger partial charge in [-0.2, -0.15) is 0 Å². The highest BCUT2D eigenvalue weighted by Gasteiger charge is 2.27. The Morgan fingerprint density at radius 2 is 1.75 bits per heavy atom. The number of piperazine rings is 1. The Kier molecular flexibility index (Phi) is 5.25. The van der Waals surface area contributed by atoms with E-state index in [-0.39, 0.29) is 11.8 Å². The molecule has 6 nitrogen and oxygen atoms in total. The Bertz CT molecular complexity index is 594. The molecule has 0 bridgehead atoms. The molecule has 0 N–H and O–H groups in total. The molecule has 1 amide bonds. The van der Waals surface area contributed by atoms with Crippen molar-refractivity contribution < 1.29 is 14.4 Å². The van der Waals surface area contributed by atoms with Crippen molar-refractivity contribution in [2.45, 2.75) is 6.42 Å². The van der Waals surface area contributed by atoms with Crippen molar-refractivity contribution in [3.8, 4) is 0 Å². The molecular formula is C18H23N3O3. The Morgan fingerprint density at radius 1 is 1.04 bits per heavy atom. The number of hydrogen-bond donors (Lipinski definition) is 0. The molecule has 2 aliphatic heterocycles. The van der Waals surface area contributed by atoms with Gasteiger partial charge in [-0.3, -0.25) is 14.5 Å². The van der Waals surface area contributed by atoms with Crippen LogP contribution in [-0.4, -0.2) is 74.1 Å². The zero-order chi connectivity index (χ0) is 16.9. The first-order chi connectivity index (χ1) is 11.7. The standard InChI is InChI=1S/C18H23N3O3/c22-13-15-1-3-17(4-2-15)20-7-9-21(10-8-20)18(24)12-19-6-5-16(11-19)14-23/h1-4,13-14,16H,5-12H2. The van der Waals surface area contributed by atoms with Gasteiger partial charge in [0.15, 0.2) is 0 Å². The first kappa shape index (κ1) is 16.6. The van der Waals surface area contributed by atoms with Gasteiger partial charge in [0.25, 0.3) is 0 Å². The number of nitrogens with zero attached hydrogens (tertiary/aromatic N) is 3. The van der Waals surface area contributed by atoms with Gasteiger partial charge in [-0.25, -0.2) is 0 Å². The minimum absolute atomic E-state index is 0.0870. The van der Waals surface area contributed by atoms with E-state index in [0.717, 1.165) is 44.3 Å². The molecule has 2 aliphatic rings. The molecule has 0 saturated carbocycles. The number of anilines is 1. The second kappa shape index (κ2) is 7.57. The van der Waals surface area contributed by atoms with Crippen LogP contribution >= 0.6 is 0 Å². The highest BCUT2D eigenvalue weighted by Crippen LogP contribution is 2.18. The van der Waals surface area contributed by atoms with Gasteiger partial charge >= 0.3 is 0 Å². The van der Waals surface area contributed by atoms with Crippen molar-refractivity contribution in [2.24, 2.45) is 5.92 Å². The number of carbonyl (C=O) groups excluding carboxylic acids is 3. The van der Waals surface area contributed by atoms with Gasteiger partial charge < -0.3 is 14.6 Å². The first-order valence-corrected chi connectivity index (χ1v) is 8.45. The van der Waals surface area contributed by atoms with Crippen LogP contribution in [-0.2, 0) is 9.59 Å². The van der Waals surface area contributed by atoms with Crippen LogP contribution < -0.4 is 4.90 Å². The van der Waals surface area contributed by atoms with Crippen molar-refractivity contribution in [3.05, 3.63) is 29.8 Å². The SMILES string of the molecule is O=Cc1ccc(N2CCN(C(=O)CN3CCC(C=O)C3)CC2)cc1. The van der Waals surface area contributed by atoms with Crippen molar-refractivity contribution >= 4 is 24.2 Å². The summed E-state index contributed by atoms with van der Waals surface area (Å²) in [6.45, 7) is 4.96. The molecule has 2 heterocycles. The molecule has 0 aliphatic carbocycles. The number of hydrogen-bond acceptors (Lipinski definition) is 5. The molecular weight excluding hydrogens is 306 g/mol. The van der Waals surface area contributed by atoms with E-state index in [1.165, 1.54) is 0 Å². The minimum atomic E-state index is 0.0870. The second-order valence-electron chi connectivity index (χ2n) is 6.50. The number of likely N-dealkylation sites (tertiary alicyclic amines) is 1. The van der Waals surface area contributed by atoms with Gasteiger partial charge in [-0.15, -0.1) is 0 Å². The van der Waals surface area contributed by atoms with Crippen molar-refractivity contribution in [3.63, 3.8) is 0 Å². The highest BCUT2D eigenvalue weighted by atomic mass is 16.2. The average molecular weight is 329 g/mol. The van der Waals surface area contributed by atoms with Crippen molar-refractivity contribution in [1.82, 2.24) is 9.80 Å². The molecule has 1 unspecified atom stereocenters. The fourth-order valence-electron chi connectivity index (χ4n) is 3.39. The first-order valence-electron chi connectivity index (χ1n) is 8.45. The molecule has 24 heavy (non-hydrogen) atoms. The van der Waals surface area contributed by atoms with Crippen LogP contribution in [0, 0.1) is 5.92 Å². The van der Waals surface area contributed by atoms with Crippen LogP contribution in [0.2, 0.25) is 0 Å². The fourth-order valence-corrected chi connectivity index (χ4v) is 3.39. The summed E-state index contributed by atoms with van der Waals surface area (Å²) in [5.74, 6) is 0.237. The maximum atomic E-state index is 12.4. The van der Waals surface area contributed by atoms with E-state index < -0.39 is 0 Å². The molecule has 2 fully saturated rings. The zero-order valence-electron chi connectivity index (χ0n) is 13.8. The van der Waals surface area contributed by atoms with E-state index in [4.69, 9.17) is 0 Å². The van der Waals surface area contributed by atoms with Crippen molar-refractivity contribution in [2.75, 3.05) is 50.7 Å². The maximum absolute atomic E-state index is 12.4. The smallest absolute Gasteiger partial charge is 0.236 e. The molecule has 3 rings (SSSR count). The summed E-state index contributed by atoms with van der Waals surface area (Å²) in [5.41, 5.74) is 1.76. The number of carbonyl (C=O) groups is 3. The van der Waals surface area contributed by atoms with Gasteiger partial charge in [-0.05, 0) is 37.2 Å². The summed E-state index contributed by atoms with van der Waals surface area (Å²) in [7, 11) is 0. The van der Waals surface area contributed by atoms with E-state index in [1.54, 1.807) is 0 Å². The van der Waals surface area contributed by atoms with Gasteiger partial charge in [0, 0.05) is 49.9 Å². The van der Waals surface area contributed by atoms with Crippen LogP contribution in [0.5, 0.6) is 0 Å². The lowest BCUT2D eigenvalue weighted by Crippen LogP contribution is -2.51. The van der Waals surface area contributed by atoms with E-state index in [9.17, 15) is 14.4 Å². The third kappa shape index (κ3) is 3.82. The molecule has 1 aromatic carbocycles. The fraction of sp³-hybridized carbons (Fsp3) is 0.500. The molecule has 0 radical (unpaired) electrons. The monoisotopic (exact) mass is 329 g/mol. The lowest BCUT2D eigenvalue weighted by Gasteiger charge is -2.36. The predicted octanol–water partition coefficient (Wildman–Crippen LogP) is 0.669. The van der Waals surface area contributed by atoms with E-state index >= 15 is 0 Å². The summed E-state index contributed by atoms with van der Waals surface area (Å²) in [6, 6.07) is 7.53. The average Bonchev–Trinajstić information content (AvgIpc) is 3.09. The molecule has 2 saturated heterocycles. The largest absolute Gasteiger partial charge is 0.368 e. The minimum Gasteiger partial charge on any atom is -0.368 e. The quantitative estimate of drug-likeness (QED) is 0.743. The second-order valence-corrected chi connectivity index (χ2v) is 6.50. The molecule has 6 heteroatoms.